The summed E-state index contributed by atoms with van der Waals surface area (Å²) in [6, 6.07) is 0. The van der Waals surface area contributed by atoms with Gasteiger partial charge in [0.1, 0.15) is 0 Å². The van der Waals surface area contributed by atoms with E-state index in [0.29, 0.717) is 0 Å². The van der Waals surface area contributed by atoms with Crippen molar-refractivity contribution in [2.45, 2.75) is 0 Å². The van der Waals surface area contributed by atoms with Gasteiger partial charge in [-0.05, 0) is 0 Å². The summed E-state index contributed by atoms with van der Waals surface area (Å²) in [6.07, 6.45) is 0. The van der Waals surface area contributed by atoms with Crippen LogP contribution in [0.3, 0.4) is 0 Å². The first-order valence-electron chi connectivity index (χ1n) is 1.50. The molecule has 0 aliphatic carbocycles. The van der Waals surface area contributed by atoms with Crippen molar-refractivity contribution in [2.75, 3.05) is 0 Å². The van der Waals surface area contributed by atoms with Crippen molar-refractivity contribution in [3.05, 3.63) is 0 Å². The minimum atomic E-state index is -2.59. The van der Waals surface area contributed by atoms with E-state index in [1.165, 1.54) is 0 Å². The molecule has 0 radical (unpaired) electrons. The van der Waals surface area contributed by atoms with Crippen molar-refractivity contribution in [3.8, 4) is 0 Å². The van der Waals surface area contributed by atoms with Crippen LogP contribution in [0.5, 0.6) is 0 Å². The molecule has 0 bridgehead atoms. The summed E-state index contributed by atoms with van der Waals surface area (Å²) in [5, 5.41) is 0. The second-order valence-electron chi connectivity index (χ2n) is 0.627. The fourth-order valence-electron chi connectivity index (χ4n) is 0. The van der Waals surface area contributed by atoms with Crippen LogP contribution < -0.4 is 11.8 Å². The Balaban J connectivity index is 0. The van der Waals surface area contributed by atoms with Gasteiger partial charge in [0.25, 0.3) is 20.2 Å². The Morgan fingerprint density at radius 1 is 1.00 bits per heavy atom. The maximum absolute atomic E-state index is 9.26. The molecule has 2 atom stereocenters. The fourth-order valence-corrected chi connectivity index (χ4v) is 0. The van der Waals surface area contributed by atoms with E-state index in [2.05, 4.69) is 21.8 Å². The average Bonchev–Trinajstić information content (AvgIpc) is 1.89. The highest BCUT2D eigenvalue weighted by molar-refractivity contribution is 8.56. The molecule has 10 heteroatoms. The van der Waals surface area contributed by atoms with Crippen LogP contribution in [0.1, 0.15) is 0 Å². The van der Waals surface area contributed by atoms with E-state index in [0.717, 1.165) is 0 Å². The average molecular weight is 194 g/mol. The molecule has 0 saturated heterocycles. The molecule has 0 fully saturated rings. The first-order chi connectivity index (χ1) is 4.56. The maximum atomic E-state index is 9.26. The van der Waals surface area contributed by atoms with Crippen LogP contribution in [0.4, 0.5) is 0 Å². The molecule has 6 N–H and O–H groups in total. The molecule has 0 aromatic rings. The third kappa shape index (κ3) is 15.7. The number of nitrogens with two attached hydrogens (primary N) is 2. The number of hydrogen-bond donors (Lipinski definition) is 4. The Kier molecular flexibility index (Phi) is 11.5. The van der Waals surface area contributed by atoms with Crippen molar-refractivity contribution in [2.24, 2.45) is 11.8 Å². The second-order valence-corrected chi connectivity index (χ2v) is 3.21. The zero-order valence-electron chi connectivity index (χ0n) is 4.50. The molecule has 0 aliphatic heterocycles. The van der Waals surface area contributed by atoms with Crippen LogP contribution in [-0.2, 0) is 30.2 Å². The van der Waals surface area contributed by atoms with Crippen molar-refractivity contribution >= 4 is 20.2 Å². The minimum absolute atomic E-state index is 2.59. The van der Waals surface area contributed by atoms with Crippen LogP contribution in [-0.4, -0.2) is 17.5 Å². The molecular formula is H6N2O6S2. The maximum Gasteiger partial charge on any atom is 0.274 e. The fraction of sp³-hybridized carbons (Fsp3) is 0. The van der Waals surface area contributed by atoms with Gasteiger partial charge < -0.3 is 0 Å². The van der Waals surface area contributed by atoms with E-state index >= 15 is 0 Å². The summed E-state index contributed by atoms with van der Waals surface area (Å²) in [5.74, 6) is 8.36. The van der Waals surface area contributed by atoms with Gasteiger partial charge in [-0.25, -0.2) is 8.42 Å². The van der Waals surface area contributed by atoms with Crippen molar-refractivity contribution in [1.29, 1.82) is 0 Å². The predicted octanol–water partition coefficient (Wildman–Crippen LogP) is -1.97. The summed E-state index contributed by atoms with van der Waals surface area (Å²) >= 11 is 0. The summed E-state index contributed by atoms with van der Waals surface area (Å²) < 4.78 is 33.6. The van der Waals surface area contributed by atoms with Crippen molar-refractivity contribution in [1.82, 2.24) is 0 Å². The van der Waals surface area contributed by atoms with Crippen LogP contribution in [0.15, 0.2) is 0 Å². The second kappa shape index (κ2) is 9.06. The lowest BCUT2D eigenvalue weighted by Crippen LogP contribution is -2.04. The molecule has 0 aliphatic rings. The van der Waals surface area contributed by atoms with Gasteiger partial charge >= 0.3 is 0 Å². The van der Waals surface area contributed by atoms with Crippen LogP contribution in [0.25, 0.3) is 0 Å². The quantitative estimate of drug-likeness (QED) is 0.171. The molecule has 0 saturated carbocycles. The first kappa shape index (κ1) is 12.7. The normalized spacial score (nSPS) is 14.8. The molecule has 10 heavy (non-hydrogen) atoms. The Morgan fingerprint density at radius 2 is 1.20 bits per heavy atom. The van der Waals surface area contributed by atoms with Gasteiger partial charge in [0.15, 0.2) is 0 Å². The van der Waals surface area contributed by atoms with Crippen LogP contribution >= 0.6 is 0 Å². The van der Waals surface area contributed by atoms with Crippen LogP contribution in [0.2, 0.25) is 0 Å². The molecule has 64 valence electrons. The van der Waals surface area contributed by atoms with Crippen molar-refractivity contribution < 1.29 is 27.5 Å². The monoisotopic (exact) mass is 194 g/mol. The van der Waals surface area contributed by atoms with E-state index in [1.54, 1.807) is 0 Å². The predicted molar refractivity (Wildman–Crippen MR) is 32.1 cm³/mol. The van der Waals surface area contributed by atoms with E-state index < -0.39 is 20.2 Å². The van der Waals surface area contributed by atoms with E-state index in [-0.39, 0.29) is 0 Å². The summed E-state index contributed by atoms with van der Waals surface area (Å²) in [7, 11) is -5.18. The molecule has 0 aromatic carbocycles. The zero-order valence-corrected chi connectivity index (χ0v) is 6.13. The molecule has 0 amide bonds. The lowest BCUT2D eigenvalue weighted by Gasteiger charge is -1.76. The molecule has 0 rings (SSSR count). The molecule has 0 heterocycles. The smallest absolute Gasteiger partial charge is 0.274 e. The highest BCUT2D eigenvalue weighted by atomic mass is 33.2. The van der Waals surface area contributed by atoms with Crippen molar-refractivity contribution in [3.63, 3.8) is 0 Å². The molecule has 2 unspecified atom stereocenters. The van der Waals surface area contributed by atoms with Gasteiger partial charge in [-0.15, -0.1) is 9.98 Å². The van der Waals surface area contributed by atoms with Gasteiger partial charge in [0.2, 0.25) is 0 Å². The zero-order chi connectivity index (χ0) is 8.57. The minimum Gasteiger partial charge on any atom is -0.294 e. The van der Waals surface area contributed by atoms with E-state index in [1.807, 2.05) is 0 Å². The van der Waals surface area contributed by atoms with E-state index in [4.69, 9.17) is 9.11 Å². The summed E-state index contributed by atoms with van der Waals surface area (Å²) in [5.41, 5.74) is 0. The highest BCUT2D eigenvalue weighted by Gasteiger charge is 1.95. The molecular weight excluding hydrogens is 188 g/mol. The van der Waals surface area contributed by atoms with Gasteiger partial charge in [-0.1, -0.05) is 0 Å². The molecule has 0 spiro atoms. The molecule has 8 nitrogen and oxygen atoms in total. The standard InChI is InChI=1S/H4N2O2.H2O4S2/c1-3-4-2;1-5(2)6(3)4/h1-2H2;(H,1,2)(H,3,4). The van der Waals surface area contributed by atoms with Gasteiger partial charge in [0, 0.05) is 0 Å². The Morgan fingerprint density at radius 3 is 1.20 bits per heavy atom. The highest BCUT2D eigenvalue weighted by Crippen LogP contribution is 1.74. The van der Waals surface area contributed by atoms with Gasteiger partial charge in [-0.2, -0.15) is 11.8 Å². The third-order valence-electron chi connectivity index (χ3n) is 0.178. The third-order valence-corrected chi connectivity index (χ3v) is 1.15. The SMILES string of the molecule is NOON.O=S(O)S(=O)O. The largest absolute Gasteiger partial charge is 0.294 e. The Bertz CT molecular complexity index is 98.3. The Hall–Kier alpha value is 0.0600. The molecule has 0 aromatic heterocycles. The number of hydrogen-bond acceptors (Lipinski definition) is 6. The number of rotatable bonds is 2. The lowest BCUT2D eigenvalue weighted by molar-refractivity contribution is -0.304. The topological polar surface area (TPSA) is 145 Å². The summed E-state index contributed by atoms with van der Waals surface area (Å²) in [6.45, 7) is 0. The van der Waals surface area contributed by atoms with Gasteiger partial charge in [0.05, 0.1) is 0 Å². The Labute approximate surface area is 60.3 Å². The van der Waals surface area contributed by atoms with E-state index in [9.17, 15) is 8.42 Å². The summed E-state index contributed by atoms with van der Waals surface area (Å²) in [4.78, 5) is 6.64. The van der Waals surface area contributed by atoms with Crippen LogP contribution in [0, 0.1) is 0 Å². The lowest BCUT2D eigenvalue weighted by atomic mass is 13.4. The first-order valence-corrected chi connectivity index (χ1v) is 4.23. The van der Waals surface area contributed by atoms with Gasteiger partial charge in [-0.3, -0.25) is 9.11 Å².